The Labute approximate surface area is 134 Å². The van der Waals surface area contributed by atoms with E-state index in [0.717, 1.165) is 11.1 Å². The van der Waals surface area contributed by atoms with Gasteiger partial charge in [0.25, 0.3) is 0 Å². The van der Waals surface area contributed by atoms with E-state index >= 15 is 0 Å². The lowest BCUT2D eigenvalue weighted by molar-refractivity contribution is 0.228. The molecule has 23 heavy (non-hydrogen) atoms. The molecule has 1 atom stereocenters. The van der Waals surface area contributed by atoms with Crippen LogP contribution in [0.4, 0.5) is 4.39 Å². The minimum absolute atomic E-state index is 0.114. The van der Waals surface area contributed by atoms with Gasteiger partial charge in [-0.25, -0.2) is 4.39 Å². The highest BCUT2D eigenvalue weighted by Gasteiger charge is 2.16. The van der Waals surface area contributed by atoms with E-state index in [1.807, 2.05) is 37.4 Å². The Morgan fingerprint density at radius 3 is 2.43 bits per heavy atom. The van der Waals surface area contributed by atoms with E-state index in [2.05, 4.69) is 22.0 Å². The van der Waals surface area contributed by atoms with E-state index < -0.39 is 0 Å². The molecule has 0 aliphatic rings. The Morgan fingerprint density at radius 2 is 1.74 bits per heavy atom. The second kappa shape index (κ2) is 6.71. The normalized spacial score (nSPS) is 12.5. The molecule has 0 aliphatic heterocycles. The highest BCUT2D eigenvalue weighted by molar-refractivity contribution is 5.51. The van der Waals surface area contributed by atoms with Crippen LogP contribution in [0.5, 0.6) is 0 Å². The van der Waals surface area contributed by atoms with Crippen LogP contribution in [-0.2, 0) is 6.54 Å². The Kier molecular flexibility index (Phi) is 4.48. The summed E-state index contributed by atoms with van der Waals surface area (Å²) in [6.45, 7) is 2.58. The van der Waals surface area contributed by atoms with Crippen molar-refractivity contribution in [3.63, 3.8) is 0 Å². The molecule has 4 nitrogen and oxygen atoms in total. The minimum Gasteiger partial charge on any atom is -0.419 e. The van der Waals surface area contributed by atoms with Crippen molar-refractivity contribution in [1.29, 1.82) is 0 Å². The van der Waals surface area contributed by atoms with E-state index in [4.69, 9.17) is 4.42 Å². The van der Waals surface area contributed by atoms with Crippen molar-refractivity contribution in [2.24, 2.45) is 0 Å². The second-order valence-corrected chi connectivity index (χ2v) is 5.51. The first-order valence-electron chi connectivity index (χ1n) is 7.47. The molecule has 1 aromatic heterocycles. The Hall–Kier alpha value is -2.53. The smallest absolute Gasteiger partial charge is 0.247 e. The molecule has 5 heteroatoms. The first kappa shape index (κ1) is 15.4. The van der Waals surface area contributed by atoms with Crippen LogP contribution < -0.4 is 0 Å². The lowest BCUT2D eigenvalue weighted by Crippen LogP contribution is -2.22. The van der Waals surface area contributed by atoms with E-state index in [9.17, 15) is 4.39 Å². The molecule has 0 amide bonds. The molecule has 0 spiro atoms. The highest BCUT2D eigenvalue weighted by Crippen LogP contribution is 2.22. The summed E-state index contributed by atoms with van der Waals surface area (Å²) in [6, 6.07) is 16.3. The first-order chi connectivity index (χ1) is 11.1. The van der Waals surface area contributed by atoms with Crippen LogP contribution in [0.25, 0.3) is 11.5 Å². The molecule has 0 fully saturated rings. The maximum atomic E-state index is 13.0. The molecular formula is C18H18FN3O. The number of aromatic nitrogens is 2. The minimum atomic E-state index is -0.229. The maximum Gasteiger partial charge on any atom is 0.247 e. The predicted octanol–water partition coefficient (Wildman–Crippen LogP) is 4.07. The fraction of sp³-hybridized carbons (Fsp3) is 0.222. The van der Waals surface area contributed by atoms with Crippen LogP contribution in [0.2, 0.25) is 0 Å². The van der Waals surface area contributed by atoms with Crippen molar-refractivity contribution in [2.75, 3.05) is 7.05 Å². The second-order valence-electron chi connectivity index (χ2n) is 5.51. The first-order valence-corrected chi connectivity index (χ1v) is 7.47. The molecule has 118 valence electrons. The Bertz CT molecular complexity index is 755. The van der Waals surface area contributed by atoms with Gasteiger partial charge in [-0.3, -0.25) is 4.90 Å². The number of halogens is 1. The van der Waals surface area contributed by atoms with Crippen LogP contribution in [0.15, 0.2) is 59.0 Å². The molecule has 0 radical (unpaired) electrons. The molecule has 0 N–H and O–H groups in total. The zero-order chi connectivity index (χ0) is 16.2. The molecule has 1 unspecified atom stereocenters. The van der Waals surface area contributed by atoms with Gasteiger partial charge in [0.15, 0.2) is 0 Å². The third-order valence-corrected chi connectivity index (χ3v) is 3.89. The molecule has 1 heterocycles. The van der Waals surface area contributed by atoms with Crippen molar-refractivity contribution in [1.82, 2.24) is 15.1 Å². The Balaban J connectivity index is 1.69. The molecule has 3 rings (SSSR count). The number of hydrogen-bond acceptors (Lipinski definition) is 4. The summed E-state index contributed by atoms with van der Waals surface area (Å²) >= 11 is 0. The zero-order valence-corrected chi connectivity index (χ0v) is 13.1. The number of nitrogens with zero attached hydrogens (tertiary/aromatic N) is 3. The Morgan fingerprint density at radius 1 is 1.04 bits per heavy atom. The maximum absolute atomic E-state index is 13.0. The van der Waals surface area contributed by atoms with Crippen LogP contribution in [0.3, 0.4) is 0 Å². The molecular weight excluding hydrogens is 293 g/mol. The summed E-state index contributed by atoms with van der Waals surface area (Å²) < 4.78 is 18.7. The highest BCUT2D eigenvalue weighted by atomic mass is 19.1. The fourth-order valence-electron chi connectivity index (χ4n) is 2.36. The summed E-state index contributed by atoms with van der Waals surface area (Å²) in [4.78, 5) is 2.08. The van der Waals surface area contributed by atoms with Crippen molar-refractivity contribution < 1.29 is 8.81 Å². The SMILES string of the molecule is CC(c1ccc(F)cc1)N(C)Cc1nnc(-c2ccccc2)o1. The van der Waals surface area contributed by atoms with Crippen molar-refractivity contribution >= 4 is 0 Å². The van der Waals surface area contributed by atoms with Gasteiger partial charge in [-0.1, -0.05) is 30.3 Å². The molecule has 0 bridgehead atoms. The summed E-state index contributed by atoms with van der Waals surface area (Å²) in [5, 5.41) is 8.19. The lowest BCUT2D eigenvalue weighted by atomic mass is 10.1. The molecule has 0 saturated carbocycles. The van der Waals surface area contributed by atoms with Crippen molar-refractivity contribution in [2.45, 2.75) is 19.5 Å². The average Bonchev–Trinajstić information content (AvgIpc) is 3.04. The quantitative estimate of drug-likeness (QED) is 0.712. The van der Waals surface area contributed by atoms with Crippen molar-refractivity contribution in [3.8, 4) is 11.5 Å². The van der Waals surface area contributed by atoms with Gasteiger partial charge in [0.1, 0.15) is 5.82 Å². The largest absolute Gasteiger partial charge is 0.419 e. The standard InChI is InChI=1S/C18H18FN3O/c1-13(14-8-10-16(19)11-9-14)22(2)12-17-20-21-18(23-17)15-6-4-3-5-7-15/h3-11,13H,12H2,1-2H3. The van der Waals surface area contributed by atoms with Gasteiger partial charge in [0.05, 0.1) is 6.54 Å². The topological polar surface area (TPSA) is 42.2 Å². The molecule has 3 aromatic rings. The van der Waals surface area contributed by atoms with Gasteiger partial charge in [-0.2, -0.15) is 0 Å². The number of benzene rings is 2. The van der Waals surface area contributed by atoms with E-state index in [1.54, 1.807) is 12.1 Å². The summed E-state index contributed by atoms with van der Waals surface area (Å²) in [6.07, 6.45) is 0. The third-order valence-electron chi connectivity index (χ3n) is 3.89. The molecule has 0 saturated heterocycles. The van der Waals surface area contributed by atoms with Gasteiger partial charge in [-0.15, -0.1) is 10.2 Å². The van der Waals surface area contributed by atoms with E-state index in [-0.39, 0.29) is 11.9 Å². The van der Waals surface area contributed by atoms with Gasteiger partial charge in [0.2, 0.25) is 11.8 Å². The lowest BCUT2D eigenvalue weighted by Gasteiger charge is -2.23. The van der Waals surface area contributed by atoms with Crippen molar-refractivity contribution in [3.05, 3.63) is 71.9 Å². The van der Waals surface area contributed by atoms with Gasteiger partial charge >= 0.3 is 0 Å². The van der Waals surface area contributed by atoms with Gasteiger partial charge in [-0.05, 0) is 43.8 Å². The van der Waals surface area contributed by atoms with Crippen LogP contribution in [-0.4, -0.2) is 22.1 Å². The van der Waals surface area contributed by atoms with Crippen LogP contribution in [0, 0.1) is 5.82 Å². The predicted molar refractivity (Wildman–Crippen MR) is 86.0 cm³/mol. The summed E-state index contributed by atoms with van der Waals surface area (Å²) in [5.41, 5.74) is 1.94. The number of rotatable bonds is 5. The van der Waals surface area contributed by atoms with Gasteiger partial charge in [0, 0.05) is 11.6 Å². The zero-order valence-electron chi connectivity index (χ0n) is 13.1. The number of hydrogen-bond donors (Lipinski definition) is 0. The third kappa shape index (κ3) is 3.63. The molecule has 2 aromatic carbocycles. The van der Waals surface area contributed by atoms with E-state index in [0.29, 0.717) is 18.3 Å². The summed E-state index contributed by atoms with van der Waals surface area (Å²) in [7, 11) is 1.97. The van der Waals surface area contributed by atoms with Crippen LogP contribution >= 0.6 is 0 Å². The average molecular weight is 311 g/mol. The fourth-order valence-corrected chi connectivity index (χ4v) is 2.36. The van der Waals surface area contributed by atoms with Gasteiger partial charge < -0.3 is 4.42 Å². The molecule has 0 aliphatic carbocycles. The van der Waals surface area contributed by atoms with E-state index in [1.165, 1.54) is 12.1 Å². The monoisotopic (exact) mass is 311 g/mol. The summed E-state index contributed by atoms with van der Waals surface area (Å²) in [5.74, 6) is 0.844. The van der Waals surface area contributed by atoms with Crippen LogP contribution in [0.1, 0.15) is 24.4 Å².